The first-order valence-corrected chi connectivity index (χ1v) is 19.1. The third kappa shape index (κ3) is 4.80. The predicted molar refractivity (Wildman–Crippen MR) is 219 cm³/mol. The first kappa shape index (κ1) is 31.2. The van der Waals surface area contributed by atoms with Crippen LogP contribution in [0.5, 0.6) is 11.5 Å². The lowest BCUT2D eigenvalue weighted by Gasteiger charge is -2.37. The lowest BCUT2D eigenvalue weighted by Crippen LogP contribution is -2.41. The number of ether oxygens (including phenoxy) is 2. The molecule has 3 heterocycles. The zero-order valence-electron chi connectivity index (χ0n) is 29.7. The van der Waals surface area contributed by atoms with Crippen molar-refractivity contribution in [2.45, 2.75) is 31.5 Å². The molecule has 8 aromatic rings. The molecule has 0 saturated carbocycles. The molecule has 11 rings (SSSR count). The smallest absolute Gasteiger partial charge is 0.170 e. The standard InChI is InChI=1S/C48H33N3O2S/c1-48(2)36-16-8-6-14-35(36)42-37(48)25-26-39-44(42)53-38-17-10-15-32(43(38)52-39)28-19-21-30(22-20-28)46-49-45(29-11-4-3-5-12-29)50-47(51-46)31-23-24-34-33-13-7-9-18-40(33)54-41(34)27-31/h3-27,39,44H,1-2H3. The number of hydrogen-bond acceptors (Lipinski definition) is 6. The molecule has 258 valence electrons. The van der Waals surface area contributed by atoms with Crippen LogP contribution in [0.1, 0.15) is 25.0 Å². The van der Waals surface area contributed by atoms with Crippen molar-refractivity contribution in [2.75, 3.05) is 0 Å². The Labute approximate surface area is 316 Å². The molecule has 0 radical (unpaired) electrons. The highest BCUT2D eigenvalue weighted by Gasteiger charge is 2.46. The number of nitrogens with zero attached hydrogens (tertiary/aromatic N) is 3. The topological polar surface area (TPSA) is 57.1 Å². The maximum atomic E-state index is 6.85. The van der Waals surface area contributed by atoms with Gasteiger partial charge in [0.25, 0.3) is 0 Å². The summed E-state index contributed by atoms with van der Waals surface area (Å²) in [4.78, 5) is 15.0. The number of allylic oxidation sites excluding steroid dienone is 2. The molecule has 3 aliphatic rings. The lowest BCUT2D eigenvalue weighted by molar-refractivity contribution is 0.0817. The van der Waals surface area contributed by atoms with Crippen LogP contribution in [-0.2, 0) is 5.41 Å². The summed E-state index contributed by atoms with van der Waals surface area (Å²) in [7, 11) is 0. The summed E-state index contributed by atoms with van der Waals surface area (Å²) in [5.74, 6) is 3.42. The van der Waals surface area contributed by atoms with Crippen molar-refractivity contribution in [3.63, 3.8) is 0 Å². The molecule has 0 bridgehead atoms. The van der Waals surface area contributed by atoms with E-state index in [0.29, 0.717) is 17.5 Å². The van der Waals surface area contributed by atoms with E-state index in [1.165, 1.54) is 42.4 Å². The summed E-state index contributed by atoms with van der Waals surface area (Å²) in [5, 5.41) is 2.52. The molecule has 2 aliphatic carbocycles. The van der Waals surface area contributed by atoms with Crippen molar-refractivity contribution in [3.8, 4) is 56.8 Å². The number of aromatic nitrogens is 3. The van der Waals surface area contributed by atoms with E-state index in [2.05, 4.69) is 123 Å². The third-order valence-corrected chi connectivity index (χ3v) is 12.3. The fourth-order valence-corrected chi connectivity index (χ4v) is 9.57. The molecule has 0 fully saturated rings. The summed E-state index contributed by atoms with van der Waals surface area (Å²) in [6.45, 7) is 4.59. The molecule has 2 aromatic heterocycles. The molecule has 6 heteroatoms. The Bertz CT molecular complexity index is 2870. The molecule has 6 aromatic carbocycles. The van der Waals surface area contributed by atoms with Gasteiger partial charge in [-0.3, -0.25) is 0 Å². The van der Waals surface area contributed by atoms with Gasteiger partial charge in [0.05, 0.1) is 0 Å². The van der Waals surface area contributed by atoms with E-state index in [1.807, 2.05) is 42.5 Å². The van der Waals surface area contributed by atoms with Crippen LogP contribution in [0.2, 0.25) is 0 Å². The molecular weight excluding hydrogens is 683 g/mol. The second kappa shape index (κ2) is 11.8. The number of rotatable bonds is 4. The van der Waals surface area contributed by atoms with Crippen molar-refractivity contribution in [1.29, 1.82) is 0 Å². The van der Waals surface area contributed by atoms with Crippen LogP contribution in [0.4, 0.5) is 0 Å². The Morgan fingerprint density at radius 3 is 2.04 bits per heavy atom. The maximum absolute atomic E-state index is 6.85. The Morgan fingerprint density at radius 1 is 0.556 bits per heavy atom. The predicted octanol–water partition coefficient (Wildman–Crippen LogP) is 11.7. The molecule has 2 unspecified atom stereocenters. The zero-order chi connectivity index (χ0) is 36.0. The highest BCUT2D eigenvalue weighted by Crippen LogP contribution is 2.53. The van der Waals surface area contributed by atoms with Gasteiger partial charge in [-0.15, -0.1) is 11.3 Å². The second-order valence-corrected chi connectivity index (χ2v) is 15.8. The van der Waals surface area contributed by atoms with Crippen LogP contribution >= 0.6 is 11.3 Å². The SMILES string of the molecule is CC1(C)C2=C(c3ccccc31)C1Oc3cccc(-c4ccc(-c5nc(-c6ccccc6)nc(-c6ccc7c(c6)sc6ccccc67)n5)cc4)c3OC1C=C2. The van der Waals surface area contributed by atoms with Gasteiger partial charge < -0.3 is 9.47 Å². The van der Waals surface area contributed by atoms with Crippen LogP contribution < -0.4 is 9.47 Å². The highest BCUT2D eigenvalue weighted by atomic mass is 32.1. The largest absolute Gasteiger partial charge is 0.478 e. The van der Waals surface area contributed by atoms with Gasteiger partial charge in [0.15, 0.2) is 41.2 Å². The first-order chi connectivity index (χ1) is 26.5. The van der Waals surface area contributed by atoms with E-state index in [-0.39, 0.29) is 17.6 Å². The second-order valence-electron chi connectivity index (χ2n) is 14.7. The van der Waals surface area contributed by atoms with Crippen LogP contribution in [0.25, 0.3) is 71.0 Å². The van der Waals surface area contributed by atoms with Crippen LogP contribution in [-0.4, -0.2) is 27.2 Å². The molecule has 0 saturated heterocycles. The van der Waals surface area contributed by atoms with Gasteiger partial charge >= 0.3 is 0 Å². The van der Waals surface area contributed by atoms with Crippen molar-refractivity contribution in [2.24, 2.45) is 0 Å². The Balaban J connectivity index is 0.952. The quantitative estimate of drug-likeness (QED) is 0.182. The van der Waals surface area contributed by atoms with Crippen LogP contribution in [0, 0.1) is 0 Å². The molecule has 5 nitrogen and oxygen atoms in total. The molecule has 54 heavy (non-hydrogen) atoms. The summed E-state index contributed by atoms with van der Waals surface area (Å²) in [5.41, 5.74) is 9.86. The minimum atomic E-state index is -0.231. The van der Waals surface area contributed by atoms with Crippen LogP contribution in [0.3, 0.4) is 0 Å². The Hall–Kier alpha value is -6.37. The van der Waals surface area contributed by atoms with Crippen molar-refractivity contribution >= 4 is 37.1 Å². The minimum Gasteiger partial charge on any atom is -0.478 e. The average Bonchev–Trinajstić information content (AvgIpc) is 3.71. The van der Waals surface area contributed by atoms with Gasteiger partial charge in [-0.25, -0.2) is 15.0 Å². The zero-order valence-corrected chi connectivity index (χ0v) is 30.5. The number of benzene rings is 6. The van der Waals surface area contributed by atoms with Crippen molar-refractivity contribution in [3.05, 3.63) is 168 Å². The Kier molecular flexibility index (Phi) is 6.83. The highest BCUT2D eigenvalue weighted by molar-refractivity contribution is 7.25. The van der Waals surface area contributed by atoms with E-state index in [1.54, 1.807) is 11.3 Å². The third-order valence-electron chi connectivity index (χ3n) is 11.1. The van der Waals surface area contributed by atoms with Gasteiger partial charge in [0.2, 0.25) is 0 Å². The van der Waals surface area contributed by atoms with E-state index >= 15 is 0 Å². The molecule has 0 spiro atoms. The summed E-state index contributed by atoms with van der Waals surface area (Å²) in [6, 6.07) is 48.4. The molecule has 1 aliphatic heterocycles. The number of thiophene rings is 1. The molecule has 0 N–H and O–H groups in total. The van der Waals surface area contributed by atoms with Gasteiger partial charge in [0, 0.05) is 53.4 Å². The van der Waals surface area contributed by atoms with Gasteiger partial charge in [-0.05, 0) is 46.5 Å². The summed E-state index contributed by atoms with van der Waals surface area (Å²) < 4.78 is 16.2. The monoisotopic (exact) mass is 715 g/mol. The van der Waals surface area contributed by atoms with E-state index in [4.69, 9.17) is 24.4 Å². The summed E-state index contributed by atoms with van der Waals surface area (Å²) in [6.07, 6.45) is 3.97. The van der Waals surface area contributed by atoms with Gasteiger partial charge in [-0.1, -0.05) is 141 Å². The van der Waals surface area contributed by atoms with Gasteiger partial charge in [0.1, 0.15) is 0 Å². The molecule has 0 amide bonds. The number of para-hydroxylation sites is 1. The fraction of sp³-hybridized carbons (Fsp3) is 0.104. The maximum Gasteiger partial charge on any atom is 0.170 e. The fourth-order valence-electron chi connectivity index (χ4n) is 8.42. The van der Waals surface area contributed by atoms with Crippen LogP contribution in [0.15, 0.2) is 157 Å². The Morgan fingerprint density at radius 2 is 1.20 bits per heavy atom. The van der Waals surface area contributed by atoms with E-state index in [9.17, 15) is 0 Å². The lowest BCUT2D eigenvalue weighted by atomic mass is 9.79. The average molecular weight is 716 g/mol. The van der Waals surface area contributed by atoms with E-state index in [0.717, 1.165) is 39.3 Å². The number of hydrogen-bond donors (Lipinski definition) is 0. The van der Waals surface area contributed by atoms with E-state index < -0.39 is 0 Å². The van der Waals surface area contributed by atoms with Gasteiger partial charge in [-0.2, -0.15) is 0 Å². The summed E-state index contributed by atoms with van der Waals surface area (Å²) >= 11 is 1.79. The molecule has 2 atom stereocenters. The molecular formula is C48H33N3O2S. The minimum absolute atomic E-state index is 0.0887. The first-order valence-electron chi connectivity index (χ1n) is 18.3. The normalized spacial score (nSPS) is 17.7. The van der Waals surface area contributed by atoms with Crippen molar-refractivity contribution in [1.82, 2.24) is 15.0 Å². The van der Waals surface area contributed by atoms with Crippen molar-refractivity contribution < 1.29 is 9.47 Å². The number of fused-ring (bicyclic) bond motifs is 8.